The molecule has 0 radical (unpaired) electrons. The summed E-state index contributed by atoms with van der Waals surface area (Å²) >= 11 is 0. The Hall–Kier alpha value is -2.96. The van der Waals surface area contributed by atoms with Crippen LogP contribution < -0.4 is 0 Å². The van der Waals surface area contributed by atoms with E-state index in [1.165, 1.54) is 0 Å². The van der Waals surface area contributed by atoms with Crippen LogP contribution in [0.5, 0.6) is 0 Å². The third-order valence-corrected chi connectivity index (χ3v) is 4.53. The minimum atomic E-state index is -0.0615. The van der Waals surface area contributed by atoms with Crippen molar-refractivity contribution < 1.29 is 4.79 Å². The Morgan fingerprint density at radius 2 is 2.08 bits per heavy atom. The number of amides is 1. The lowest BCUT2D eigenvalue weighted by Gasteiger charge is -2.23. The highest BCUT2D eigenvalue weighted by Crippen LogP contribution is 2.21. The molecule has 0 aliphatic carbocycles. The molecule has 1 amide bonds. The van der Waals surface area contributed by atoms with E-state index in [0.29, 0.717) is 12.2 Å². The number of nitrogens with zero attached hydrogens (tertiary/aromatic N) is 6. The van der Waals surface area contributed by atoms with Gasteiger partial charge in [0.1, 0.15) is 0 Å². The van der Waals surface area contributed by atoms with Crippen molar-refractivity contribution in [3.05, 3.63) is 60.2 Å². The number of rotatable bonds is 4. The van der Waals surface area contributed by atoms with Crippen molar-refractivity contribution in [1.82, 2.24) is 29.7 Å². The fourth-order valence-corrected chi connectivity index (χ4v) is 3.29. The van der Waals surface area contributed by atoms with E-state index in [9.17, 15) is 4.79 Å². The Balaban J connectivity index is 1.51. The van der Waals surface area contributed by atoms with Gasteiger partial charge in [-0.25, -0.2) is 4.68 Å². The fraction of sp³-hybridized carbons (Fsp3) is 0.333. The van der Waals surface area contributed by atoms with Gasteiger partial charge in [0.25, 0.3) is 5.91 Å². The average Bonchev–Trinajstić information content (AvgIpc) is 3.37. The van der Waals surface area contributed by atoms with Crippen LogP contribution in [-0.4, -0.2) is 48.2 Å². The van der Waals surface area contributed by atoms with Gasteiger partial charge in [0.15, 0.2) is 5.69 Å². The zero-order valence-electron chi connectivity index (χ0n) is 14.1. The van der Waals surface area contributed by atoms with Crippen molar-refractivity contribution >= 4 is 5.91 Å². The Labute approximate surface area is 145 Å². The molecule has 1 aliphatic rings. The van der Waals surface area contributed by atoms with Crippen molar-refractivity contribution in [2.24, 2.45) is 0 Å². The Morgan fingerprint density at radius 3 is 2.84 bits per heavy atom. The summed E-state index contributed by atoms with van der Waals surface area (Å²) in [4.78, 5) is 14.8. The summed E-state index contributed by atoms with van der Waals surface area (Å²) in [6, 6.07) is 9.82. The van der Waals surface area contributed by atoms with Crippen LogP contribution in [0.2, 0.25) is 0 Å². The molecule has 1 saturated heterocycles. The smallest absolute Gasteiger partial charge is 0.276 e. The summed E-state index contributed by atoms with van der Waals surface area (Å²) in [6.07, 6.45) is 7.53. The maximum absolute atomic E-state index is 12.9. The summed E-state index contributed by atoms with van der Waals surface area (Å²) in [7, 11) is 0. The van der Waals surface area contributed by atoms with E-state index in [2.05, 4.69) is 15.4 Å². The van der Waals surface area contributed by atoms with Crippen LogP contribution in [-0.2, 0) is 6.54 Å². The van der Waals surface area contributed by atoms with Crippen LogP contribution in [0.25, 0.3) is 5.69 Å². The van der Waals surface area contributed by atoms with Gasteiger partial charge in [-0.3, -0.25) is 9.48 Å². The van der Waals surface area contributed by atoms with Gasteiger partial charge in [-0.1, -0.05) is 23.4 Å². The molecule has 1 fully saturated rings. The molecular formula is C18H20N6O. The monoisotopic (exact) mass is 336 g/mol. The first-order chi connectivity index (χ1) is 12.2. The standard InChI is InChI=1S/C18H20N6O/c1-14-10-19-22(11-14)12-16-8-5-9-23(16)18(25)17-13-24(21-20-17)15-6-3-2-4-7-15/h2-4,6-7,10-11,13,16H,5,8-9,12H2,1H3/t16-/m0/s1. The van der Waals surface area contributed by atoms with E-state index in [1.807, 2.05) is 59.2 Å². The van der Waals surface area contributed by atoms with Crippen molar-refractivity contribution in [2.75, 3.05) is 6.54 Å². The largest absolute Gasteiger partial charge is 0.332 e. The number of likely N-dealkylation sites (tertiary alicyclic amines) is 1. The molecule has 0 saturated carbocycles. The number of carbonyl (C=O) groups is 1. The highest BCUT2D eigenvalue weighted by molar-refractivity contribution is 5.92. The molecule has 0 spiro atoms. The zero-order chi connectivity index (χ0) is 17.2. The number of carbonyl (C=O) groups excluding carboxylic acids is 1. The highest BCUT2D eigenvalue weighted by Gasteiger charge is 2.31. The summed E-state index contributed by atoms with van der Waals surface area (Å²) in [5.74, 6) is -0.0615. The van der Waals surface area contributed by atoms with Gasteiger partial charge in [0.2, 0.25) is 0 Å². The molecule has 2 aromatic heterocycles. The molecule has 7 nitrogen and oxygen atoms in total. The molecule has 0 unspecified atom stereocenters. The summed E-state index contributed by atoms with van der Waals surface area (Å²) in [5.41, 5.74) is 2.40. The van der Waals surface area contributed by atoms with E-state index in [1.54, 1.807) is 10.9 Å². The van der Waals surface area contributed by atoms with Crippen molar-refractivity contribution in [3.63, 3.8) is 0 Å². The fourth-order valence-electron chi connectivity index (χ4n) is 3.29. The third-order valence-electron chi connectivity index (χ3n) is 4.53. The van der Waals surface area contributed by atoms with Gasteiger partial charge < -0.3 is 4.90 Å². The second-order valence-corrected chi connectivity index (χ2v) is 6.42. The van der Waals surface area contributed by atoms with Crippen LogP contribution in [0, 0.1) is 6.92 Å². The first-order valence-corrected chi connectivity index (χ1v) is 8.48. The maximum Gasteiger partial charge on any atom is 0.276 e. The maximum atomic E-state index is 12.9. The molecule has 3 heterocycles. The van der Waals surface area contributed by atoms with E-state index in [4.69, 9.17) is 0 Å². The third kappa shape index (κ3) is 3.17. The molecule has 0 bridgehead atoms. The van der Waals surface area contributed by atoms with Crippen molar-refractivity contribution in [2.45, 2.75) is 32.4 Å². The highest BCUT2D eigenvalue weighted by atomic mass is 16.2. The molecule has 25 heavy (non-hydrogen) atoms. The lowest BCUT2D eigenvalue weighted by atomic mass is 10.2. The first kappa shape index (κ1) is 15.6. The van der Waals surface area contributed by atoms with Crippen LogP contribution >= 0.6 is 0 Å². The summed E-state index contributed by atoms with van der Waals surface area (Å²) in [6.45, 7) is 3.48. The minimum absolute atomic E-state index is 0.0615. The van der Waals surface area contributed by atoms with E-state index < -0.39 is 0 Å². The molecular weight excluding hydrogens is 316 g/mol. The van der Waals surface area contributed by atoms with Crippen LogP contribution in [0.15, 0.2) is 48.9 Å². The first-order valence-electron chi connectivity index (χ1n) is 8.48. The summed E-state index contributed by atoms with van der Waals surface area (Å²) < 4.78 is 3.54. The van der Waals surface area contributed by atoms with Gasteiger partial charge in [-0.05, 0) is 37.5 Å². The molecule has 7 heteroatoms. The molecule has 0 N–H and O–H groups in total. The Bertz CT molecular complexity index is 869. The summed E-state index contributed by atoms with van der Waals surface area (Å²) in [5, 5.41) is 12.5. The van der Waals surface area contributed by atoms with Crippen molar-refractivity contribution in [1.29, 1.82) is 0 Å². The quantitative estimate of drug-likeness (QED) is 0.731. The number of hydrogen-bond acceptors (Lipinski definition) is 4. The molecule has 1 aliphatic heterocycles. The minimum Gasteiger partial charge on any atom is -0.332 e. The van der Waals surface area contributed by atoms with Crippen molar-refractivity contribution in [3.8, 4) is 5.69 Å². The van der Waals surface area contributed by atoms with Gasteiger partial charge in [-0.2, -0.15) is 5.10 Å². The zero-order valence-corrected chi connectivity index (χ0v) is 14.1. The van der Waals surface area contributed by atoms with Gasteiger partial charge in [-0.15, -0.1) is 5.10 Å². The lowest BCUT2D eigenvalue weighted by molar-refractivity contribution is 0.0715. The predicted molar refractivity (Wildman–Crippen MR) is 92.4 cm³/mol. The topological polar surface area (TPSA) is 68.8 Å². The Kier molecular flexibility index (Phi) is 4.05. The van der Waals surface area contributed by atoms with Crippen LogP contribution in [0.1, 0.15) is 28.9 Å². The normalized spacial score (nSPS) is 17.2. The van der Waals surface area contributed by atoms with E-state index >= 15 is 0 Å². The van der Waals surface area contributed by atoms with E-state index in [-0.39, 0.29) is 11.9 Å². The molecule has 3 aromatic rings. The van der Waals surface area contributed by atoms with Crippen LogP contribution in [0.4, 0.5) is 0 Å². The SMILES string of the molecule is Cc1cnn(C[C@@H]2CCCN2C(=O)c2cn(-c3ccccc3)nn2)c1. The number of benzene rings is 1. The molecule has 4 rings (SSSR count). The Morgan fingerprint density at radius 1 is 1.24 bits per heavy atom. The molecule has 128 valence electrons. The predicted octanol–water partition coefficient (Wildman–Crippen LogP) is 2.08. The second kappa shape index (κ2) is 6.51. The number of aryl methyl sites for hydroxylation is 1. The lowest BCUT2D eigenvalue weighted by Crippen LogP contribution is -2.38. The number of para-hydroxylation sites is 1. The number of aromatic nitrogens is 5. The van der Waals surface area contributed by atoms with Gasteiger partial charge >= 0.3 is 0 Å². The van der Waals surface area contributed by atoms with E-state index in [0.717, 1.165) is 30.6 Å². The van der Waals surface area contributed by atoms with Gasteiger partial charge in [0.05, 0.1) is 30.7 Å². The molecule has 1 aromatic carbocycles. The number of hydrogen-bond donors (Lipinski definition) is 0. The molecule has 1 atom stereocenters. The second-order valence-electron chi connectivity index (χ2n) is 6.42. The van der Waals surface area contributed by atoms with Gasteiger partial charge in [0, 0.05) is 12.7 Å². The van der Waals surface area contributed by atoms with Crippen LogP contribution in [0.3, 0.4) is 0 Å². The average molecular weight is 336 g/mol.